The Labute approximate surface area is 222 Å². The summed E-state index contributed by atoms with van der Waals surface area (Å²) in [5.41, 5.74) is 4.19. The summed E-state index contributed by atoms with van der Waals surface area (Å²) in [7, 11) is 0. The average molecular weight is 541 g/mol. The number of aliphatic hydroxyl groups excluding tert-OH is 2. The number of thiazole rings is 1. The van der Waals surface area contributed by atoms with Crippen LogP contribution in [0.5, 0.6) is 0 Å². The molecular weight excluding hydrogens is 499 g/mol. The van der Waals surface area contributed by atoms with Gasteiger partial charge in [0.25, 0.3) is 0 Å². The van der Waals surface area contributed by atoms with Crippen molar-refractivity contribution in [1.29, 1.82) is 0 Å². The van der Waals surface area contributed by atoms with Crippen LogP contribution in [0.1, 0.15) is 83.8 Å². The summed E-state index contributed by atoms with van der Waals surface area (Å²) >= 11 is 1.31. The SMILES string of the molecule is CCC1C(=O)C(C)(C)C(O)CC(=O)OC(C(F)=Cc2csc(CN)n2)CC2OC2(C)CCCC(C)C1O. The van der Waals surface area contributed by atoms with Crippen LogP contribution in [-0.2, 0) is 25.6 Å². The number of carbonyl (C=O) groups is 2. The molecule has 4 N–H and O–H groups in total. The van der Waals surface area contributed by atoms with E-state index < -0.39 is 53.5 Å². The fourth-order valence-corrected chi connectivity index (χ4v) is 5.76. The molecule has 0 aliphatic carbocycles. The molecule has 7 unspecified atom stereocenters. The van der Waals surface area contributed by atoms with Crippen LogP contribution in [0.3, 0.4) is 0 Å². The Hall–Kier alpha value is -1.72. The quantitative estimate of drug-likeness (QED) is 0.386. The van der Waals surface area contributed by atoms with Crippen LogP contribution in [0, 0.1) is 17.3 Å². The van der Waals surface area contributed by atoms with E-state index in [0.717, 1.165) is 6.42 Å². The minimum absolute atomic E-state index is 0.118. The number of ether oxygens (including phenoxy) is 2. The molecule has 0 saturated carbocycles. The van der Waals surface area contributed by atoms with E-state index in [0.29, 0.717) is 30.0 Å². The molecule has 37 heavy (non-hydrogen) atoms. The van der Waals surface area contributed by atoms with Crippen LogP contribution < -0.4 is 5.73 Å². The van der Waals surface area contributed by atoms with Crippen molar-refractivity contribution in [3.63, 3.8) is 0 Å². The molecule has 2 aliphatic heterocycles. The van der Waals surface area contributed by atoms with Crippen LogP contribution in [0.25, 0.3) is 6.08 Å². The number of nitrogens with two attached hydrogens (primary N) is 1. The number of rotatable bonds is 4. The number of fused-ring (bicyclic) bond motifs is 1. The minimum Gasteiger partial charge on any atom is -0.455 e. The first-order valence-corrected chi connectivity index (χ1v) is 14.0. The van der Waals surface area contributed by atoms with Crippen LogP contribution >= 0.6 is 11.3 Å². The topological polar surface area (TPSA) is 135 Å². The lowest BCUT2D eigenvalue weighted by Gasteiger charge is -2.35. The summed E-state index contributed by atoms with van der Waals surface area (Å²) < 4.78 is 26.8. The summed E-state index contributed by atoms with van der Waals surface area (Å²) in [4.78, 5) is 30.5. The Morgan fingerprint density at radius 3 is 2.65 bits per heavy atom. The van der Waals surface area contributed by atoms with Crippen molar-refractivity contribution in [3.8, 4) is 0 Å². The van der Waals surface area contributed by atoms with Gasteiger partial charge in [-0.25, -0.2) is 9.37 Å². The van der Waals surface area contributed by atoms with Gasteiger partial charge in [0.1, 0.15) is 16.6 Å². The molecule has 0 spiro atoms. The summed E-state index contributed by atoms with van der Waals surface area (Å²) in [6.07, 6.45) is -0.330. The molecule has 10 heteroatoms. The third-order valence-electron chi connectivity index (χ3n) is 8.01. The number of hydrogen-bond acceptors (Lipinski definition) is 9. The lowest BCUT2D eigenvalue weighted by atomic mass is 9.71. The first-order valence-electron chi connectivity index (χ1n) is 13.1. The van der Waals surface area contributed by atoms with E-state index >= 15 is 4.39 Å². The standard InChI is InChI=1S/C27H41FN2O6S/c1-6-17-24(33)15(2)8-7-9-27(5)21(36-27)11-19(18(28)10-16-14-37-22(13-29)30-16)35-23(32)12-20(31)26(3,4)25(17)34/h10,14-15,17,19-21,24,31,33H,6-9,11-13,29H2,1-5H3. The third-order valence-corrected chi connectivity index (χ3v) is 8.90. The molecule has 2 aliphatic rings. The Bertz CT molecular complexity index is 997. The van der Waals surface area contributed by atoms with Crippen molar-refractivity contribution >= 4 is 29.2 Å². The molecule has 2 fully saturated rings. The maximum Gasteiger partial charge on any atom is 0.309 e. The number of esters is 1. The Kier molecular flexibility index (Phi) is 9.66. The highest BCUT2D eigenvalue weighted by Gasteiger charge is 2.53. The van der Waals surface area contributed by atoms with Crippen molar-refractivity contribution < 1.29 is 33.7 Å². The largest absolute Gasteiger partial charge is 0.455 e. The number of cyclic esters (lactones) is 1. The Morgan fingerprint density at radius 2 is 2.03 bits per heavy atom. The van der Waals surface area contributed by atoms with Crippen LogP contribution in [0.2, 0.25) is 0 Å². The van der Waals surface area contributed by atoms with E-state index in [1.54, 1.807) is 19.2 Å². The number of aliphatic hydroxyl groups is 2. The highest BCUT2D eigenvalue weighted by Crippen LogP contribution is 2.45. The molecule has 0 aromatic carbocycles. The van der Waals surface area contributed by atoms with Gasteiger partial charge in [-0.2, -0.15) is 0 Å². The Morgan fingerprint density at radius 1 is 1.32 bits per heavy atom. The molecule has 1 aromatic rings. The van der Waals surface area contributed by atoms with Gasteiger partial charge in [-0.3, -0.25) is 9.59 Å². The second kappa shape index (κ2) is 12.0. The van der Waals surface area contributed by atoms with Gasteiger partial charge in [0.15, 0.2) is 6.10 Å². The maximum absolute atomic E-state index is 15.4. The zero-order valence-corrected chi connectivity index (χ0v) is 23.2. The van der Waals surface area contributed by atoms with Gasteiger partial charge in [0.05, 0.1) is 41.4 Å². The zero-order chi connectivity index (χ0) is 27.5. The van der Waals surface area contributed by atoms with E-state index in [2.05, 4.69) is 4.98 Å². The molecule has 3 heterocycles. The highest BCUT2D eigenvalue weighted by atomic mass is 32.1. The molecule has 208 valence electrons. The number of hydrogen-bond donors (Lipinski definition) is 3. The predicted molar refractivity (Wildman–Crippen MR) is 139 cm³/mol. The number of nitrogens with zero attached hydrogens (tertiary/aromatic N) is 1. The van der Waals surface area contributed by atoms with Crippen LogP contribution in [0.15, 0.2) is 11.2 Å². The second-order valence-corrected chi connectivity index (χ2v) is 12.2. The first-order chi connectivity index (χ1) is 17.3. The summed E-state index contributed by atoms with van der Waals surface area (Å²) in [5.74, 6) is -2.60. The average Bonchev–Trinajstić information content (AvgIpc) is 3.24. The van der Waals surface area contributed by atoms with Crippen LogP contribution in [-0.4, -0.2) is 57.0 Å². The fraction of sp³-hybridized carbons (Fsp3) is 0.741. The minimum atomic E-state index is -1.36. The van der Waals surface area contributed by atoms with E-state index in [9.17, 15) is 19.8 Å². The van der Waals surface area contributed by atoms with Crippen molar-refractivity contribution in [2.24, 2.45) is 23.0 Å². The summed E-state index contributed by atoms with van der Waals surface area (Å²) in [6.45, 7) is 9.07. The lowest BCUT2D eigenvalue weighted by Crippen LogP contribution is -2.46. The van der Waals surface area contributed by atoms with Gasteiger partial charge in [-0.05, 0) is 38.2 Å². The smallest absolute Gasteiger partial charge is 0.309 e. The normalized spacial score (nSPS) is 36.1. The van der Waals surface area contributed by atoms with Crippen molar-refractivity contribution in [2.75, 3.05) is 0 Å². The van der Waals surface area contributed by atoms with Gasteiger partial charge < -0.3 is 25.4 Å². The summed E-state index contributed by atoms with van der Waals surface area (Å²) in [5, 5.41) is 24.2. The molecule has 0 amide bonds. The second-order valence-electron chi connectivity index (χ2n) is 11.2. The van der Waals surface area contributed by atoms with Gasteiger partial charge in [0.2, 0.25) is 0 Å². The molecule has 3 rings (SSSR count). The Balaban J connectivity index is 1.87. The fourth-order valence-electron chi connectivity index (χ4n) is 5.13. The lowest BCUT2D eigenvalue weighted by molar-refractivity contribution is -0.155. The van der Waals surface area contributed by atoms with E-state index in [1.165, 1.54) is 17.4 Å². The summed E-state index contributed by atoms with van der Waals surface area (Å²) in [6, 6.07) is 0. The van der Waals surface area contributed by atoms with Gasteiger partial charge >= 0.3 is 5.97 Å². The van der Waals surface area contributed by atoms with Gasteiger partial charge in [0, 0.05) is 24.3 Å². The first kappa shape index (κ1) is 29.8. The number of aromatic nitrogens is 1. The van der Waals surface area contributed by atoms with Crippen molar-refractivity contribution in [1.82, 2.24) is 4.98 Å². The van der Waals surface area contributed by atoms with Crippen molar-refractivity contribution in [2.45, 2.75) is 110 Å². The number of halogens is 1. The van der Waals surface area contributed by atoms with Crippen molar-refractivity contribution in [3.05, 3.63) is 21.9 Å². The zero-order valence-electron chi connectivity index (χ0n) is 22.4. The number of carbonyl (C=O) groups excluding carboxylic acids is 2. The molecule has 7 atom stereocenters. The van der Waals surface area contributed by atoms with E-state index in [-0.39, 0.29) is 30.8 Å². The third kappa shape index (κ3) is 7.03. The maximum atomic E-state index is 15.4. The molecule has 2 saturated heterocycles. The molecule has 0 bridgehead atoms. The molecule has 1 aromatic heterocycles. The number of epoxide rings is 1. The molecule has 8 nitrogen and oxygen atoms in total. The van der Waals surface area contributed by atoms with Crippen LogP contribution in [0.4, 0.5) is 4.39 Å². The van der Waals surface area contributed by atoms with Gasteiger partial charge in [-0.1, -0.05) is 34.1 Å². The molecule has 0 radical (unpaired) electrons. The molecular formula is C27H41FN2O6S. The highest BCUT2D eigenvalue weighted by molar-refractivity contribution is 7.09. The van der Waals surface area contributed by atoms with Gasteiger partial charge in [-0.15, -0.1) is 11.3 Å². The monoisotopic (exact) mass is 540 g/mol. The van der Waals surface area contributed by atoms with E-state index in [4.69, 9.17) is 15.2 Å². The number of Topliss-reactive ketones (excluding diaryl/α,β-unsaturated/α-hetero) is 1. The predicted octanol–water partition coefficient (Wildman–Crippen LogP) is 3.93. The number of ketones is 1. The van der Waals surface area contributed by atoms with E-state index in [1.807, 2.05) is 20.8 Å².